The van der Waals surface area contributed by atoms with E-state index < -0.39 is 11.9 Å². The van der Waals surface area contributed by atoms with Crippen LogP contribution in [0.15, 0.2) is 12.3 Å². The summed E-state index contributed by atoms with van der Waals surface area (Å²) in [5.74, 6) is -1.85. The summed E-state index contributed by atoms with van der Waals surface area (Å²) in [4.78, 5) is 28.6. The molecule has 3 heterocycles. The summed E-state index contributed by atoms with van der Waals surface area (Å²) in [6.07, 6.45) is 1.29. The summed E-state index contributed by atoms with van der Waals surface area (Å²) < 4.78 is 1.41. The van der Waals surface area contributed by atoms with Gasteiger partial charge in [-0.15, -0.1) is 0 Å². The predicted octanol–water partition coefficient (Wildman–Crippen LogP) is 0.347. The van der Waals surface area contributed by atoms with Crippen molar-refractivity contribution in [3.63, 3.8) is 0 Å². The quantitative estimate of drug-likeness (QED) is 0.852. The van der Waals surface area contributed by atoms with Gasteiger partial charge in [0.2, 0.25) is 5.91 Å². The maximum atomic E-state index is 12.1. The molecule has 1 amide bonds. The molecule has 1 fully saturated rings. The number of aliphatic carboxylic acids is 1. The molecule has 1 atom stereocenters. The fourth-order valence-corrected chi connectivity index (χ4v) is 2.45. The molecule has 0 aromatic carbocycles. The molecule has 3 rings (SSSR count). The van der Waals surface area contributed by atoms with E-state index in [1.165, 1.54) is 15.6 Å². The van der Waals surface area contributed by atoms with E-state index in [0.717, 1.165) is 0 Å². The Morgan fingerprint density at radius 3 is 2.95 bits per heavy atom. The average molecular weight is 285 g/mol. The molecule has 0 spiro atoms. The summed E-state index contributed by atoms with van der Waals surface area (Å²) in [5.41, 5.74) is 1.39. The minimum atomic E-state index is -1.02. The first kappa shape index (κ1) is 13.1. The van der Waals surface area contributed by atoms with Crippen molar-refractivity contribution in [1.82, 2.24) is 14.6 Å². The van der Waals surface area contributed by atoms with Gasteiger partial charge in [-0.3, -0.25) is 14.5 Å². The Morgan fingerprint density at radius 2 is 2.33 bits per heavy atom. The number of aromatic nitrogens is 3. The number of amides is 1. The van der Waals surface area contributed by atoms with Gasteiger partial charge in [0.1, 0.15) is 11.6 Å². The van der Waals surface area contributed by atoms with Crippen LogP contribution in [-0.2, 0) is 9.59 Å². The van der Waals surface area contributed by atoms with Crippen LogP contribution in [0.25, 0.3) is 5.65 Å². The first-order valence-electron chi connectivity index (χ1n) is 6.30. The molecule has 0 aliphatic carbocycles. The number of fused-ring (bicyclic) bond motifs is 1. The van der Waals surface area contributed by atoms with E-state index >= 15 is 0 Å². The summed E-state index contributed by atoms with van der Waals surface area (Å²) in [6.45, 7) is 1.80. The van der Waals surface area contributed by atoms with Gasteiger partial charge in [-0.2, -0.15) is 14.9 Å². The van der Waals surface area contributed by atoms with E-state index in [4.69, 9.17) is 5.11 Å². The van der Waals surface area contributed by atoms with Crippen molar-refractivity contribution in [3.05, 3.63) is 23.5 Å². The lowest BCUT2D eigenvalue weighted by Crippen LogP contribution is -2.29. The average Bonchev–Trinajstić information content (AvgIpc) is 2.99. The van der Waals surface area contributed by atoms with Crippen LogP contribution >= 0.6 is 0 Å². The van der Waals surface area contributed by atoms with Crippen molar-refractivity contribution in [1.29, 1.82) is 5.26 Å². The van der Waals surface area contributed by atoms with Crippen LogP contribution in [0.3, 0.4) is 0 Å². The Balaban J connectivity index is 2.17. The third kappa shape index (κ3) is 1.99. The maximum Gasteiger partial charge on any atom is 0.308 e. The van der Waals surface area contributed by atoms with Crippen LogP contribution in [0.2, 0.25) is 0 Å². The summed E-state index contributed by atoms with van der Waals surface area (Å²) in [5, 5.41) is 22.5. The third-order valence-electron chi connectivity index (χ3n) is 3.43. The number of carboxylic acid groups (broad SMARTS) is 1. The second-order valence-corrected chi connectivity index (χ2v) is 4.91. The molecule has 0 radical (unpaired) electrons. The number of aryl methyl sites for hydroxylation is 1. The number of anilines is 1. The second kappa shape index (κ2) is 4.56. The largest absolute Gasteiger partial charge is 0.481 e. The van der Waals surface area contributed by atoms with Gasteiger partial charge in [0.15, 0.2) is 11.5 Å². The maximum absolute atomic E-state index is 12.1. The van der Waals surface area contributed by atoms with Crippen LogP contribution < -0.4 is 4.90 Å². The van der Waals surface area contributed by atoms with E-state index in [2.05, 4.69) is 10.1 Å². The van der Waals surface area contributed by atoms with Gasteiger partial charge >= 0.3 is 5.97 Å². The van der Waals surface area contributed by atoms with Gasteiger partial charge in [0.25, 0.3) is 0 Å². The van der Waals surface area contributed by atoms with Gasteiger partial charge in [0.05, 0.1) is 17.8 Å². The van der Waals surface area contributed by atoms with Crippen molar-refractivity contribution in [2.75, 3.05) is 11.4 Å². The summed E-state index contributed by atoms with van der Waals surface area (Å²) in [7, 11) is 0. The molecule has 8 heteroatoms. The highest BCUT2D eigenvalue weighted by atomic mass is 16.4. The monoisotopic (exact) mass is 285 g/mol. The zero-order chi connectivity index (χ0) is 15.1. The molecule has 0 saturated carbocycles. The Morgan fingerprint density at radius 1 is 1.57 bits per heavy atom. The number of hydrogen-bond acceptors (Lipinski definition) is 5. The van der Waals surface area contributed by atoms with Crippen molar-refractivity contribution in [2.24, 2.45) is 5.92 Å². The zero-order valence-corrected chi connectivity index (χ0v) is 11.1. The Kier molecular flexibility index (Phi) is 2.83. The smallest absolute Gasteiger partial charge is 0.308 e. The van der Waals surface area contributed by atoms with Gasteiger partial charge in [-0.25, -0.2) is 4.98 Å². The van der Waals surface area contributed by atoms with E-state index in [9.17, 15) is 14.9 Å². The lowest BCUT2D eigenvalue weighted by molar-refractivity contribution is -0.141. The molecule has 106 valence electrons. The topological polar surface area (TPSA) is 112 Å². The lowest BCUT2D eigenvalue weighted by atomic mass is 10.1. The molecule has 21 heavy (non-hydrogen) atoms. The number of carbonyl (C=O) groups excluding carboxylic acids is 1. The van der Waals surface area contributed by atoms with Crippen molar-refractivity contribution in [3.8, 4) is 6.07 Å². The van der Waals surface area contributed by atoms with Crippen LogP contribution in [0.4, 0.5) is 5.82 Å². The van der Waals surface area contributed by atoms with E-state index in [-0.39, 0.29) is 30.3 Å². The van der Waals surface area contributed by atoms with Crippen molar-refractivity contribution >= 4 is 23.3 Å². The van der Waals surface area contributed by atoms with Crippen LogP contribution in [0.1, 0.15) is 17.7 Å². The van der Waals surface area contributed by atoms with Gasteiger partial charge in [-0.05, 0) is 6.92 Å². The molecule has 0 bridgehead atoms. The normalized spacial score (nSPS) is 18.2. The number of rotatable bonds is 2. The lowest BCUT2D eigenvalue weighted by Gasteiger charge is -2.18. The molecule has 1 unspecified atom stereocenters. The standard InChI is InChI=1S/C13H11N5O3/c1-7-2-10-15-5-9(4-14)12(18(10)16-7)17-6-8(13(20)21)3-11(17)19/h2,5,8H,3,6H2,1H3,(H,20,21). The third-order valence-corrected chi connectivity index (χ3v) is 3.43. The SMILES string of the molecule is Cc1cc2ncc(C#N)c(N3CC(C(=O)O)CC3=O)n2n1. The predicted molar refractivity (Wildman–Crippen MR) is 70.5 cm³/mol. The molecule has 2 aromatic rings. The van der Waals surface area contributed by atoms with Crippen molar-refractivity contribution in [2.45, 2.75) is 13.3 Å². The Bertz CT molecular complexity index is 804. The van der Waals surface area contributed by atoms with Crippen LogP contribution in [0, 0.1) is 24.2 Å². The minimum absolute atomic E-state index is 0.0286. The fourth-order valence-electron chi connectivity index (χ4n) is 2.45. The number of nitriles is 1. The number of nitrogens with zero attached hydrogens (tertiary/aromatic N) is 5. The highest BCUT2D eigenvalue weighted by Crippen LogP contribution is 2.28. The number of hydrogen-bond donors (Lipinski definition) is 1. The van der Waals surface area contributed by atoms with Gasteiger partial charge in [0, 0.05) is 19.0 Å². The number of carboxylic acids is 1. The first-order chi connectivity index (χ1) is 10.0. The highest BCUT2D eigenvalue weighted by molar-refractivity contribution is 5.99. The fraction of sp³-hybridized carbons (Fsp3) is 0.308. The second-order valence-electron chi connectivity index (χ2n) is 4.91. The van der Waals surface area contributed by atoms with E-state index in [1.54, 1.807) is 13.0 Å². The molecule has 1 N–H and O–H groups in total. The Hall–Kier alpha value is -2.95. The van der Waals surface area contributed by atoms with E-state index in [0.29, 0.717) is 11.3 Å². The first-order valence-corrected chi connectivity index (χ1v) is 6.30. The molecule has 1 aliphatic heterocycles. The van der Waals surface area contributed by atoms with Crippen LogP contribution in [-0.4, -0.2) is 38.1 Å². The Labute approximate surface area is 119 Å². The van der Waals surface area contributed by atoms with E-state index in [1.807, 2.05) is 6.07 Å². The molecular formula is C13H11N5O3. The molecule has 2 aromatic heterocycles. The van der Waals surface area contributed by atoms with Gasteiger partial charge < -0.3 is 5.11 Å². The molecule has 8 nitrogen and oxygen atoms in total. The molecular weight excluding hydrogens is 274 g/mol. The number of carbonyl (C=O) groups is 2. The molecule has 1 aliphatic rings. The minimum Gasteiger partial charge on any atom is -0.481 e. The summed E-state index contributed by atoms with van der Waals surface area (Å²) >= 11 is 0. The van der Waals surface area contributed by atoms with Crippen molar-refractivity contribution < 1.29 is 14.7 Å². The zero-order valence-electron chi connectivity index (χ0n) is 11.1. The van der Waals surface area contributed by atoms with Crippen LogP contribution in [0.5, 0.6) is 0 Å². The molecule has 1 saturated heterocycles. The van der Waals surface area contributed by atoms with Gasteiger partial charge in [-0.1, -0.05) is 0 Å². The highest BCUT2D eigenvalue weighted by Gasteiger charge is 2.37. The summed E-state index contributed by atoms with van der Waals surface area (Å²) in [6, 6.07) is 3.70.